The lowest BCUT2D eigenvalue weighted by Gasteiger charge is -2.15. The molecule has 1 saturated heterocycles. The van der Waals surface area contributed by atoms with Crippen LogP contribution >= 0.6 is 0 Å². The van der Waals surface area contributed by atoms with E-state index in [9.17, 15) is 18.0 Å². The number of nitrogens with one attached hydrogen (secondary N) is 1. The van der Waals surface area contributed by atoms with E-state index in [1.807, 2.05) is 0 Å². The Labute approximate surface area is 170 Å². The van der Waals surface area contributed by atoms with E-state index in [2.05, 4.69) is 15.3 Å². The van der Waals surface area contributed by atoms with Crippen molar-refractivity contribution < 1.29 is 27.4 Å². The average molecular weight is 417 g/mol. The van der Waals surface area contributed by atoms with Gasteiger partial charge in [0.25, 0.3) is 0 Å². The number of halogens is 3. The van der Waals surface area contributed by atoms with Crippen LogP contribution in [0.1, 0.15) is 12.0 Å². The number of aromatic nitrogens is 2. The maximum absolute atomic E-state index is 13.4. The Balaban J connectivity index is 1.74. The van der Waals surface area contributed by atoms with Crippen molar-refractivity contribution in [2.75, 3.05) is 20.3 Å². The highest BCUT2D eigenvalue weighted by Gasteiger charge is 2.34. The molecule has 1 amide bonds. The number of carbonyl (C=O) groups excluding carboxylic acids is 1. The zero-order valence-electron chi connectivity index (χ0n) is 16.0. The van der Waals surface area contributed by atoms with Crippen LogP contribution in [-0.4, -0.2) is 36.1 Å². The number of benzene rings is 1. The van der Waals surface area contributed by atoms with E-state index < -0.39 is 11.7 Å². The van der Waals surface area contributed by atoms with Crippen molar-refractivity contribution in [2.45, 2.75) is 12.6 Å². The van der Waals surface area contributed by atoms with Gasteiger partial charge in [0.15, 0.2) is 0 Å². The Morgan fingerprint density at radius 2 is 2.07 bits per heavy atom. The minimum atomic E-state index is -4.57. The number of ether oxygens (including phenoxy) is 2. The van der Waals surface area contributed by atoms with Gasteiger partial charge in [-0.05, 0) is 36.4 Å². The highest BCUT2D eigenvalue weighted by atomic mass is 19.4. The summed E-state index contributed by atoms with van der Waals surface area (Å²) in [7, 11) is 1.19. The number of amides is 1. The zero-order valence-corrected chi connectivity index (χ0v) is 16.0. The molecular weight excluding hydrogens is 399 g/mol. The first-order valence-corrected chi connectivity index (χ1v) is 9.26. The van der Waals surface area contributed by atoms with Crippen molar-refractivity contribution in [2.24, 2.45) is 5.92 Å². The van der Waals surface area contributed by atoms with Gasteiger partial charge in [0.1, 0.15) is 5.75 Å². The second kappa shape index (κ2) is 7.81. The molecule has 3 heterocycles. The second-order valence-electron chi connectivity index (χ2n) is 6.98. The molecule has 1 aliphatic rings. The van der Waals surface area contributed by atoms with Crippen LogP contribution in [0.5, 0.6) is 11.6 Å². The first kappa shape index (κ1) is 19.9. The van der Waals surface area contributed by atoms with E-state index in [0.29, 0.717) is 29.6 Å². The van der Waals surface area contributed by atoms with E-state index >= 15 is 0 Å². The van der Waals surface area contributed by atoms with Crippen LogP contribution < -0.4 is 14.8 Å². The van der Waals surface area contributed by atoms with Gasteiger partial charge in [-0.3, -0.25) is 9.78 Å². The molecule has 3 aromatic rings. The molecule has 6 nitrogen and oxygen atoms in total. The Morgan fingerprint density at radius 3 is 2.77 bits per heavy atom. The third-order valence-electron chi connectivity index (χ3n) is 4.88. The number of fused-ring (bicyclic) bond motifs is 1. The van der Waals surface area contributed by atoms with Crippen molar-refractivity contribution in [3.8, 4) is 22.9 Å². The number of hydrogen-bond acceptors (Lipinski definition) is 5. The van der Waals surface area contributed by atoms with Gasteiger partial charge < -0.3 is 14.8 Å². The molecule has 2 aromatic heterocycles. The van der Waals surface area contributed by atoms with E-state index in [0.717, 1.165) is 6.07 Å². The lowest BCUT2D eigenvalue weighted by molar-refractivity contribution is -0.138. The number of nitrogens with zero attached hydrogens (tertiary/aromatic N) is 2. The molecule has 1 atom stereocenters. The highest BCUT2D eigenvalue weighted by molar-refractivity contribution is 5.87. The van der Waals surface area contributed by atoms with Gasteiger partial charge in [-0.15, -0.1) is 0 Å². The average Bonchev–Trinajstić information content (AvgIpc) is 3.15. The number of carbonyl (C=O) groups is 1. The Bertz CT molecular complexity index is 1100. The normalized spacial score (nSPS) is 16.5. The van der Waals surface area contributed by atoms with E-state index in [1.54, 1.807) is 24.4 Å². The summed E-state index contributed by atoms with van der Waals surface area (Å²) in [6, 6.07) is 8.89. The van der Waals surface area contributed by atoms with Crippen molar-refractivity contribution in [3.05, 3.63) is 48.2 Å². The predicted octanol–water partition coefficient (Wildman–Crippen LogP) is 3.84. The summed E-state index contributed by atoms with van der Waals surface area (Å²) >= 11 is 0. The molecule has 1 N–H and O–H groups in total. The molecule has 9 heteroatoms. The standard InChI is InChI=1S/C21H18F3N3O3/c1-29-18-5-4-13(8-15(18)21(22,23)24)16-9-17-14(3-2-6-25-17)20(27-16)30-11-12-7-19(28)26-10-12/h2-6,8-9,12H,7,10-11H2,1H3,(H,26,28)/t12-/m1/s1. The van der Waals surface area contributed by atoms with E-state index in [4.69, 9.17) is 9.47 Å². The zero-order chi connectivity index (χ0) is 21.3. The lowest BCUT2D eigenvalue weighted by Crippen LogP contribution is -2.17. The maximum Gasteiger partial charge on any atom is 0.419 e. The Morgan fingerprint density at radius 1 is 1.23 bits per heavy atom. The summed E-state index contributed by atoms with van der Waals surface area (Å²) in [4.78, 5) is 20.1. The SMILES string of the molecule is COc1ccc(-c2cc3ncccc3c(OC[C@H]3CNC(=O)C3)n2)cc1C(F)(F)F. The molecule has 0 spiro atoms. The van der Waals surface area contributed by atoms with Crippen LogP contribution in [0.2, 0.25) is 0 Å². The van der Waals surface area contributed by atoms with Crippen LogP contribution in [0.3, 0.4) is 0 Å². The summed E-state index contributed by atoms with van der Waals surface area (Å²) in [6.45, 7) is 0.776. The van der Waals surface area contributed by atoms with Gasteiger partial charge in [0, 0.05) is 30.6 Å². The molecule has 0 saturated carbocycles. The fourth-order valence-electron chi connectivity index (χ4n) is 3.37. The summed E-state index contributed by atoms with van der Waals surface area (Å²) in [6.07, 6.45) is -2.62. The molecule has 0 aliphatic carbocycles. The monoisotopic (exact) mass is 417 g/mol. The van der Waals surface area contributed by atoms with Gasteiger partial charge >= 0.3 is 6.18 Å². The summed E-state index contributed by atoms with van der Waals surface area (Å²) in [5.41, 5.74) is 0.217. The topological polar surface area (TPSA) is 73.3 Å². The number of methoxy groups -OCH3 is 1. The van der Waals surface area contributed by atoms with Crippen molar-refractivity contribution >= 4 is 16.8 Å². The molecule has 1 aliphatic heterocycles. The van der Waals surface area contributed by atoms with Gasteiger partial charge in [-0.2, -0.15) is 13.2 Å². The fraction of sp³-hybridized carbons (Fsp3) is 0.286. The van der Waals surface area contributed by atoms with Crippen molar-refractivity contribution in [1.29, 1.82) is 0 Å². The molecule has 1 aromatic carbocycles. The Hall–Kier alpha value is -3.36. The summed E-state index contributed by atoms with van der Waals surface area (Å²) in [5, 5.41) is 3.38. The first-order valence-electron chi connectivity index (χ1n) is 9.26. The van der Waals surface area contributed by atoms with Crippen LogP contribution in [0.25, 0.3) is 22.2 Å². The smallest absolute Gasteiger partial charge is 0.419 e. The van der Waals surface area contributed by atoms with Crippen molar-refractivity contribution in [1.82, 2.24) is 15.3 Å². The molecule has 156 valence electrons. The fourth-order valence-corrected chi connectivity index (χ4v) is 3.37. The minimum Gasteiger partial charge on any atom is -0.496 e. The third kappa shape index (κ3) is 4.00. The van der Waals surface area contributed by atoms with E-state index in [1.165, 1.54) is 19.2 Å². The number of alkyl halides is 3. The molecule has 4 rings (SSSR count). The highest BCUT2D eigenvalue weighted by Crippen LogP contribution is 2.39. The molecule has 0 bridgehead atoms. The summed E-state index contributed by atoms with van der Waals surface area (Å²) < 4.78 is 51.0. The lowest BCUT2D eigenvalue weighted by atomic mass is 10.0. The third-order valence-corrected chi connectivity index (χ3v) is 4.88. The molecule has 30 heavy (non-hydrogen) atoms. The van der Waals surface area contributed by atoms with E-state index in [-0.39, 0.29) is 35.6 Å². The van der Waals surface area contributed by atoms with Crippen LogP contribution in [0.4, 0.5) is 13.2 Å². The maximum atomic E-state index is 13.4. The Kier molecular flexibility index (Phi) is 5.19. The molecule has 0 radical (unpaired) electrons. The largest absolute Gasteiger partial charge is 0.496 e. The minimum absolute atomic E-state index is 0.00694. The van der Waals surface area contributed by atoms with Crippen molar-refractivity contribution in [3.63, 3.8) is 0 Å². The number of pyridine rings is 2. The number of rotatable bonds is 5. The quantitative estimate of drug-likeness (QED) is 0.683. The predicted molar refractivity (Wildman–Crippen MR) is 103 cm³/mol. The first-order chi connectivity index (χ1) is 14.3. The van der Waals surface area contributed by atoms with Crippen LogP contribution in [-0.2, 0) is 11.0 Å². The molecule has 0 unspecified atom stereocenters. The van der Waals surface area contributed by atoms with Gasteiger partial charge in [0.2, 0.25) is 11.8 Å². The molecular formula is C21H18F3N3O3. The van der Waals surface area contributed by atoms with Crippen LogP contribution in [0, 0.1) is 5.92 Å². The van der Waals surface area contributed by atoms with Gasteiger partial charge in [0.05, 0.1) is 35.9 Å². The van der Waals surface area contributed by atoms with Crippen LogP contribution in [0.15, 0.2) is 42.6 Å². The van der Waals surface area contributed by atoms with Gasteiger partial charge in [-0.25, -0.2) is 4.98 Å². The molecule has 1 fully saturated rings. The second-order valence-corrected chi connectivity index (χ2v) is 6.98. The number of hydrogen-bond donors (Lipinski definition) is 1. The summed E-state index contributed by atoms with van der Waals surface area (Å²) in [5.74, 6) is -0.0263. The van der Waals surface area contributed by atoms with Gasteiger partial charge in [-0.1, -0.05) is 0 Å².